The van der Waals surface area contributed by atoms with Crippen LogP contribution in [0.15, 0.2) is 51.9 Å². The number of hydrogen-bond donors (Lipinski definition) is 1. The minimum absolute atomic E-state index is 0.00903. The lowest BCUT2D eigenvalue weighted by atomic mass is 10.1. The number of aromatic nitrogens is 2. The average Bonchev–Trinajstić information content (AvgIpc) is 3.39. The summed E-state index contributed by atoms with van der Waals surface area (Å²) in [6.45, 7) is 2.40. The van der Waals surface area contributed by atoms with Crippen LogP contribution >= 0.6 is 0 Å². The number of furan rings is 1. The maximum Gasteiger partial charge on any atom is 0.274 e. The van der Waals surface area contributed by atoms with Gasteiger partial charge in [0.1, 0.15) is 5.76 Å². The molecular formula is C20H22N4O3. The van der Waals surface area contributed by atoms with Crippen LogP contribution in [0.5, 0.6) is 0 Å². The highest BCUT2D eigenvalue weighted by atomic mass is 16.3. The van der Waals surface area contributed by atoms with Crippen molar-refractivity contribution in [3.8, 4) is 0 Å². The first-order valence-electron chi connectivity index (χ1n) is 9.17. The summed E-state index contributed by atoms with van der Waals surface area (Å²) in [4.78, 5) is 27.4. The Morgan fingerprint density at radius 2 is 1.93 bits per heavy atom. The molecule has 3 heterocycles. The van der Waals surface area contributed by atoms with E-state index in [4.69, 9.17) is 4.42 Å². The van der Waals surface area contributed by atoms with E-state index >= 15 is 0 Å². The molecule has 4 rings (SSSR count). The molecule has 2 aromatic heterocycles. The molecule has 27 heavy (non-hydrogen) atoms. The van der Waals surface area contributed by atoms with E-state index in [1.807, 2.05) is 12.1 Å². The van der Waals surface area contributed by atoms with E-state index < -0.39 is 0 Å². The predicted molar refractivity (Wildman–Crippen MR) is 102 cm³/mol. The third-order valence-electron chi connectivity index (χ3n) is 5.08. The summed E-state index contributed by atoms with van der Waals surface area (Å²) in [5.41, 5.74) is 0.0417. The summed E-state index contributed by atoms with van der Waals surface area (Å²) < 4.78 is 6.81. The van der Waals surface area contributed by atoms with E-state index in [1.165, 1.54) is 4.68 Å². The lowest BCUT2D eigenvalue weighted by Crippen LogP contribution is -2.37. The number of amides is 1. The van der Waals surface area contributed by atoms with Crippen molar-refractivity contribution in [2.24, 2.45) is 7.05 Å². The van der Waals surface area contributed by atoms with Gasteiger partial charge >= 0.3 is 0 Å². The number of likely N-dealkylation sites (tertiary alicyclic amines) is 1. The van der Waals surface area contributed by atoms with Crippen LogP contribution in [0.25, 0.3) is 10.8 Å². The number of nitrogens with zero attached hydrogens (tertiary/aromatic N) is 3. The number of rotatable bonds is 5. The highest BCUT2D eigenvalue weighted by Crippen LogP contribution is 2.25. The Hall–Kier alpha value is -2.93. The van der Waals surface area contributed by atoms with Gasteiger partial charge in [0.15, 0.2) is 5.69 Å². The van der Waals surface area contributed by atoms with Gasteiger partial charge in [0, 0.05) is 19.0 Å². The second-order valence-electron chi connectivity index (χ2n) is 6.81. The Bertz CT molecular complexity index is 1000. The van der Waals surface area contributed by atoms with Gasteiger partial charge in [-0.25, -0.2) is 4.68 Å². The highest BCUT2D eigenvalue weighted by molar-refractivity contribution is 6.04. The molecule has 140 valence electrons. The topological polar surface area (TPSA) is 80.4 Å². The van der Waals surface area contributed by atoms with Gasteiger partial charge < -0.3 is 9.73 Å². The maximum absolute atomic E-state index is 12.9. The van der Waals surface area contributed by atoms with E-state index in [0.29, 0.717) is 17.3 Å². The molecule has 3 aromatic rings. The Morgan fingerprint density at radius 1 is 1.19 bits per heavy atom. The van der Waals surface area contributed by atoms with E-state index in [9.17, 15) is 9.59 Å². The van der Waals surface area contributed by atoms with E-state index in [-0.39, 0.29) is 23.2 Å². The summed E-state index contributed by atoms with van der Waals surface area (Å²) in [5.74, 6) is 0.549. The van der Waals surface area contributed by atoms with E-state index in [2.05, 4.69) is 15.3 Å². The Morgan fingerprint density at radius 3 is 2.63 bits per heavy atom. The molecule has 1 atom stereocenters. The molecule has 0 bridgehead atoms. The van der Waals surface area contributed by atoms with Gasteiger partial charge in [-0.15, -0.1) is 0 Å². The summed E-state index contributed by atoms with van der Waals surface area (Å²) in [6, 6.07) is 10.8. The summed E-state index contributed by atoms with van der Waals surface area (Å²) in [6.07, 6.45) is 3.96. The van der Waals surface area contributed by atoms with Gasteiger partial charge in [-0.1, -0.05) is 18.2 Å². The molecule has 1 amide bonds. The monoisotopic (exact) mass is 366 g/mol. The van der Waals surface area contributed by atoms with Crippen LogP contribution in [0, 0.1) is 0 Å². The summed E-state index contributed by atoms with van der Waals surface area (Å²) in [5, 5.41) is 8.23. The Labute approximate surface area is 156 Å². The van der Waals surface area contributed by atoms with Gasteiger partial charge in [0.05, 0.1) is 17.7 Å². The van der Waals surface area contributed by atoms with Crippen LogP contribution < -0.4 is 10.9 Å². The molecule has 1 N–H and O–H groups in total. The van der Waals surface area contributed by atoms with Crippen LogP contribution in [0.1, 0.15) is 35.1 Å². The number of aryl methyl sites for hydroxylation is 1. The van der Waals surface area contributed by atoms with Gasteiger partial charge in [0.25, 0.3) is 11.5 Å². The molecule has 1 fully saturated rings. The number of hydrogen-bond acceptors (Lipinski definition) is 5. The second-order valence-corrected chi connectivity index (χ2v) is 6.81. The van der Waals surface area contributed by atoms with Crippen molar-refractivity contribution in [2.45, 2.75) is 18.9 Å². The molecule has 0 unspecified atom stereocenters. The third kappa shape index (κ3) is 3.38. The molecule has 7 nitrogen and oxygen atoms in total. The fourth-order valence-corrected chi connectivity index (χ4v) is 3.68. The molecule has 0 aliphatic carbocycles. The summed E-state index contributed by atoms with van der Waals surface area (Å²) >= 11 is 0. The van der Waals surface area contributed by atoms with Gasteiger partial charge in [-0.05, 0) is 44.1 Å². The minimum atomic E-state index is -0.294. The first-order valence-corrected chi connectivity index (χ1v) is 9.17. The van der Waals surface area contributed by atoms with Crippen LogP contribution in [0.2, 0.25) is 0 Å². The number of carbonyl (C=O) groups is 1. The van der Waals surface area contributed by atoms with E-state index in [0.717, 1.165) is 31.7 Å². The first-order chi connectivity index (χ1) is 13.1. The van der Waals surface area contributed by atoms with Crippen molar-refractivity contribution >= 4 is 16.7 Å². The Kier molecular flexibility index (Phi) is 4.77. The molecule has 1 saturated heterocycles. The molecule has 0 spiro atoms. The van der Waals surface area contributed by atoms with Crippen LogP contribution in [0.4, 0.5) is 0 Å². The van der Waals surface area contributed by atoms with Crippen molar-refractivity contribution in [1.29, 1.82) is 0 Å². The number of fused-ring (bicyclic) bond motifs is 1. The molecular weight excluding hydrogens is 344 g/mol. The van der Waals surface area contributed by atoms with Crippen molar-refractivity contribution in [1.82, 2.24) is 20.0 Å². The SMILES string of the molecule is Cn1nc(C(=O)NC[C@H](c2ccco2)N2CCCC2)c2ccccc2c1=O. The number of benzene rings is 1. The van der Waals surface area contributed by atoms with Gasteiger partial charge in [-0.2, -0.15) is 5.10 Å². The van der Waals surface area contributed by atoms with Gasteiger partial charge in [-0.3, -0.25) is 14.5 Å². The number of carbonyl (C=O) groups excluding carboxylic acids is 1. The fourth-order valence-electron chi connectivity index (χ4n) is 3.68. The lowest BCUT2D eigenvalue weighted by Gasteiger charge is -2.26. The van der Waals surface area contributed by atoms with Crippen molar-refractivity contribution in [2.75, 3.05) is 19.6 Å². The quantitative estimate of drug-likeness (QED) is 0.748. The molecule has 1 aliphatic heterocycles. The van der Waals surface area contributed by atoms with Crippen molar-refractivity contribution < 1.29 is 9.21 Å². The maximum atomic E-state index is 12.9. The highest BCUT2D eigenvalue weighted by Gasteiger charge is 2.26. The van der Waals surface area contributed by atoms with Gasteiger partial charge in [0.2, 0.25) is 0 Å². The van der Waals surface area contributed by atoms with Crippen LogP contribution in [-0.4, -0.2) is 40.2 Å². The average molecular weight is 366 g/mol. The second kappa shape index (κ2) is 7.36. The van der Waals surface area contributed by atoms with Crippen LogP contribution in [-0.2, 0) is 7.05 Å². The van der Waals surface area contributed by atoms with E-state index in [1.54, 1.807) is 37.6 Å². The van der Waals surface area contributed by atoms with Crippen molar-refractivity contribution in [3.05, 3.63) is 64.5 Å². The molecule has 1 aromatic carbocycles. The lowest BCUT2D eigenvalue weighted by molar-refractivity contribution is 0.0928. The summed E-state index contributed by atoms with van der Waals surface area (Å²) in [7, 11) is 1.56. The van der Waals surface area contributed by atoms with Crippen molar-refractivity contribution in [3.63, 3.8) is 0 Å². The zero-order chi connectivity index (χ0) is 18.8. The first kappa shape index (κ1) is 17.5. The standard InChI is InChI=1S/C20H22N4O3/c1-23-20(26)15-8-3-2-7-14(15)18(22-23)19(25)21-13-16(17-9-6-12-27-17)24-10-4-5-11-24/h2-3,6-9,12,16H,4-5,10-11,13H2,1H3,(H,21,25)/t16-/m1/s1. The molecule has 1 aliphatic rings. The Balaban J connectivity index is 1.59. The largest absolute Gasteiger partial charge is 0.468 e. The third-order valence-corrected chi connectivity index (χ3v) is 5.08. The fraction of sp³-hybridized carbons (Fsp3) is 0.350. The zero-order valence-corrected chi connectivity index (χ0v) is 15.2. The zero-order valence-electron chi connectivity index (χ0n) is 15.2. The minimum Gasteiger partial charge on any atom is -0.468 e. The van der Waals surface area contributed by atoms with Crippen LogP contribution in [0.3, 0.4) is 0 Å². The molecule has 0 radical (unpaired) electrons. The molecule has 7 heteroatoms. The smallest absolute Gasteiger partial charge is 0.274 e. The predicted octanol–water partition coefficient (Wildman–Crippen LogP) is 2.09. The normalized spacial score (nSPS) is 15.9. The number of nitrogens with one attached hydrogen (secondary N) is 1. The molecule has 0 saturated carbocycles.